The average Bonchev–Trinajstić information content (AvgIpc) is 3.32. The van der Waals surface area contributed by atoms with Crippen LogP contribution >= 0.6 is 11.3 Å². The van der Waals surface area contributed by atoms with Gasteiger partial charge in [-0.2, -0.15) is 10.2 Å². The van der Waals surface area contributed by atoms with Crippen LogP contribution in [0.4, 0.5) is 0 Å². The molecule has 128 valence electrons. The van der Waals surface area contributed by atoms with E-state index in [0.717, 1.165) is 22.6 Å². The predicted molar refractivity (Wildman–Crippen MR) is 99.2 cm³/mol. The summed E-state index contributed by atoms with van der Waals surface area (Å²) in [7, 11) is 0. The second-order valence-electron chi connectivity index (χ2n) is 5.25. The molecule has 0 radical (unpaired) electrons. The van der Waals surface area contributed by atoms with Crippen LogP contribution in [0.5, 0.6) is 5.75 Å². The van der Waals surface area contributed by atoms with Crippen molar-refractivity contribution < 1.29 is 9.53 Å². The lowest BCUT2D eigenvalue weighted by Crippen LogP contribution is -2.17. The quantitative estimate of drug-likeness (QED) is 0.502. The lowest BCUT2D eigenvalue weighted by molar-refractivity contribution is 0.0950. The number of hydrazone groups is 1. The van der Waals surface area contributed by atoms with Crippen LogP contribution in [0, 0.1) is 0 Å². The van der Waals surface area contributed by atoms with Crippen molar-refractivity contribution in [1.29, 1.82) is 0 Å². The van der Waals surface area contributed by atoms with Gasteiger partial charge in [-0.3, -0.25) is 9.89 Å². The number of carbonyl (C=O) groups is 1. The number of H-pyrrole nitrogens is 1. The lowest BCUT2D eigenvalue weighted by atomic mass is 10.1. The summed E-state index contributed by atoms with van der Waals surface area (Å²) < 4.78 is 5.56. The minimum atomic E-state index is -0.338. The molecular formula is C18H18N4O2S. The minimum absolute atomic E-state index is 0.338. The summed E-state index contributed by atoms with van der Waals surface area (Å²) in [6.07, 6.45) is 2.57. The maximum atomic E-state index is 12.1. The third-order valence-corrected chi connectivity index (χ3v) is 4.15. The van der Waals surface area contributed by atoms with Crippen molar-refractivity contribution >= 4 is 23.5 Å². The first-order chi connectivity index (χ1) is 12.3. The molecule has 3 rings (SSSR count). The maximum absolute atomic E-state index is 12.1. The van der Waals surface area contributed by atoms with Crippen LogP contribution in [0.15, 0.2) is 52.9 Å². The fourth-order valence-electron chi connectivity index (χ4n) is 2.11. The van der Waals surface area contributed by atoms with Gasteiger partial charge in [-0.15, -0.1) is 11.3 Å². The van der Waals surface area contributed by atoms with Crippen LogP contribution < -0.4 is 10.2 Å². The molecule has 2 aromatic heterocycles. The van der Waals surface area contributed by atoms with E-state index in [2.05, 4.69) is 27.6 Å². The zero-order valence-electron chi connectivity index (χ0n) is 13.7. The number of nitrogens with zero attached hydrogens (tertiary/aromatic N) is 2. The number of aromatic nitrogens is 2. The van der Waals surface area contributed by atoms with Gasteiger partial charge in [0.1, 0.15) is 11.4 Å². The summed E-state index contributed by atoms with van der Waals surface area (Å²) >= 11 is 1.55. The number of hydrogen-bond donors (Lipinski definition) is 2. The number of aromatic amines is 1. The second kappa shape index (κ2) is 8.25. The maximum Gasteiger partial charge on any atom is 0.289 e. The van der Waals surface area contributed by atoms with Crippen LogP contribution in [0.1, 0.15) is 28.7 Å². The molecule has 1 amide bonds. The van der Waals surface area contributed by atoms with E-state index in [4.69, 9.17) is 4.74 Å². The molecule has 0 aliphatic heterocycles. The van der Waals surface area contributed by atoms with E-state index in [1.165, 1.54) is 0 Å². The molecule has 0 saturated heterocycles. The van der Waals surface area contributed by atoms with Crippen LogP contribution in [-0.4, -0.2) is 28.9 Å². The average molecular weight is 354 g/mol. The highest BCUT2D eigenvalue weighted by Gasteiger charge is 2.10. The Kier molecular flexibility index (Phi) is 5.58. The molecule has 0 saturated carbocycles. The molecule has 0 unspecified atom stereocenters. The Labute approximate surface area is 149 Å². The number of carbonyl (C=O) groups excluding carboxylic acids is 1. The number of hydrogen-bond acceptors (Lipinski definition) is 5. The number of rotatable bonds is 7. The van der Waals surface area contributed by atoms with Gasteiger partial charge in [0.25, 0.3) is 5.91 Å². The molecule has 3 aromatic rings. The fourth-order valence-corrected chi connectivity index (χ4v) is 2.69. The summed E-state index contributed by atoms with van der Waals surface area (Å²) in [6.45, 7) is 2.76. The van der Waals surface area contributed by atoms with E-state index in [9.17, 15) is 4.79 Å². The van der Waals surface area contributed by atoms with Crippen molar-refractivity contribution in [2.24, 2.45) is 5.10 Å². The predicted octanol–water partition coefficient (Wildman–Crippen LogP) is 3.69. The van der Waals surface area contributed by atoms with Crippen molar-refractivity contribution in [3.05, 3.63) is 58.4 Å². The molecule has 2 N–H and O–H groups in total. The smallest absolute Gasteiger partial charge is 0.289 e. The largest absolute Gasteiger partial charge is 0.494 e. The van der Waals surface area contributed by atoms with Gasteiger partial charge < -0.3 is 4.74 Å². The van der Waals surface area contributed by atoms with E-state index >= 15 is 0 Å². The van der Waals surface area contributed by atoms with E-state index < -0.39 is 0 Å². The first-order valence-corrected chi connectivity index (χ1v) is 8.80. The van der Waals surface area contributed by atoms with Gasteiger partial charge in [0.2, 0.25) is 0 Å². The highest BCUT2D eigenvalue weighted by Crippen LogP contribution is 2.21. The number of nitrogens with one attached hydrogen (secondary N) is 2. The number of thiophene rings is 1. The molecule has 7 heteroatoms. The van der Waals surface area contributed by atoms with E-state index in [0.29, 0.717) is 18.0 Å². The van der Waals surface area contributed by atoms with E-state index in [-0.39, 0.29) is 5.91 Å². The Morgan fingerprint density at radius 1 is 1.36 bits per heavy atom. The van der Waals surface area contributed by atoms with Gasteiger partial charge in [0, 0.05) is 10.4 Å². The molecular weight excluding hydrogens is 336 g/mol. The molecule has 0 bridgehead atoms. The first-order valence-electron chi connectivity index (χ1n) is 7.92. The summed E-state index contributed by atoms with van der Waals surface area (Å²) in [5, 5.41) is 12.8. The zero-order valence-corrected chi connectivity index (χ0v) is 14.5. The highest BCUT2D eigenvalue weighted by atomic mass is 32.1. The van der Waals surface area contributed by atoms with Crippen LogP contribution in [0.2, 0.25) is 0 Å². The monoisotopic (exact) mass is 354 g/mol. The molecule has 0 fully saturated rings. The number of amides is 1. The van der Waals surface area contributed by atoms with E-state index in [1.807, 2.05) is 41.8 Å². The molecule has 6 nitrogen and oxygen atoms in total. The van der Waals surface area contributed by atoms with Crippen LogP contribution in [0.3, 0.4) is 0 Å². The third-order valence-electron chi connectivity index (χ3n) is 3.35. The normalized spacial score (nSPS) is 10.9. The Bertz CT molecular complexity index is 838. The summed E-state index contributed by atoms with van der Waals surface area (Å²) in [6, 6.07) is 13.2. The number of ether oxygens (including phenoxy) is 1. The minimum Gasteiger partial charge on any atom is -0.494 e. The fraction of sp³-hybridized carbons (Fsp3) is 0.167. The lowest BCUT2D eigenvalue weighted by Gasteiger charge is -2.04. The molecule has 25 heavy (non-hydrogen) atoms. The molecule has 0 spiro atoms. The van der Waals surface area contributed by atoms with Gasteiger partial charge in [-0.05, 0) is 48.2 Å². The molecule has 0 atom stereocenters. The van der Waals surface area contributed by atoms with Gasteiger partial charge in [-0.25, -0.2) is 5.43 Å². The standard InChI is InChI=1S/C18H18N4O2S/c1-2-9-24-14-7-5-13(6-8-14)16-11-17(21-20-16)18(23)22-19-12-15-4-3-10-25-15/h3-8,10-12H,2,9H2,1H3,(H,20,21)(H,22,23). The van der Waals surface area contributed by atoms with Crippen molar-refractivity contribution in [3.8, 4) is 17.0 Å². The Balaban J connectivity index is 1.62. The van der Waals surface area contributed by atoms with Gasteiger partial charge in [0.15, 0.2) is 0 Å². The van der Waals surface area contributed by atoms with Crippen molar-refractivity contribution in [2.45, 2.75) is 13.3 Å². The highest BCUT2D eigenvalue weighted by molar-refractivity contribution is 7.11. The Morgan fingerprint density at radius 2 is 2.20 bits per heavy atom. The van der Waals surface area contributed by atoms with Gasteiger partial charge in [0.05, 0.1) is 18.5 Å². The molecule has 2 heterocycles. The van der Waals surface area contributed by atoms with Gasteiger partial charge >= 0.3 is 0 Å². The Morgan fingerprint density at radius 3 is 2.92 bits per heavy atom. The topological polar surface area (TPSA) is 79.4 Å². The zero-order chi connectivity index (χ0) is 17.5. The third kappa shape index (κ3) is 4.54. The summed E-state index contributed by atoms with van der Waals surface area (Å²) in [5.41, 5.74) is 4.42. The molecule has 1 aromatic carbocycles. The van der Waals surface area contributed by atoms with E-state index in [1.54, 1.807) is 23.6 Å². The van der Waals surface area contributed by atoms with Crippen molar-refractivity contribution in [2.75, 3.05) is 6.61 Å². The summed E-state index contributed by atoms with van der Waals surface area (Å²) in [5.74, 6) is 0.483. The van der Waals surface area contributed by atoms with Crippen molar-refractivity contribution in [3.63, 3.8) is 0 Å². The summed E-state index contributed by atoms with van der Waals surface area (Å²) in [4.78, 5) is 13.0. The van der Waals surface area contributed by atoms with Crippen LogP contribution in [0.25, 0.3) is 11.3 Å². The Hall–Kier alpha value is -2.93. The van der Waals surface area contributed by atoms with Gasteiger partial charge in [-0.1, -0.05) is 13.0 Å². The first kappa shape index (κ1) is 16.9. The SMILES string of the molecule is CCCOc1ccc(-c2cc(C(=O)NN=Cc3cccs3)[nH]n2)cc1. The molecule has 0 aliphatic carbocycles. The van der Waals surface area contributed by atoms with Crippen molar-refractivity contribution in [1.82, 2.24) is 15.6 Å². The molecule has 0 aliphatic rings. The second-order valence-corrected chi connectivity index (χ2v) is 6.23. The number of benzene rings is 1. The van der Waals surface area contributed by atoms with Crippen LogP contribution in [-0.2, 0) is 0 Å².